The third-order valence-corrected chi connectivity index (χ3v) is 5.47. The lowest BCUT2D eigenvalue weighted by atomic mass is 9.94. The summed E-state index contributed by atoms with van der Waals surface area (Å²) in [7, 11) is 3.04. The number of para-hydroxylation sites is 1. The Morgan fingerprint density at radius 1 is 0.939 bits per heavy atom. The molecule has 0 saturated carbocycles. The second kappa shape index (κ2) is 9.44. The van der Waals surface area contributed by atoms with Crippen LogP contribution in [0.5, 0.6) is 11.5 Å². The summed E-state index contributed by atoms with van der Waals surface area (Å²) >= 11 is 0. The minimum atomic E-state index is -0.881. The van der Waals surface area contributed by atoms with E-state index in [9.17, 15) is 14.7 Å². The van der Waals surface area contributed by atoms with Gasteiger partial charge in [0, 0.05) is 17.3 Å². The largest absolute Gasteiger partial charge is 0.503 e. The molecule has 1 N–H and O–H groups in total. The van der Waals surface area contributed by atoms with Crippen molar-refractivity contribution in [2.24, 2.45) is 0 Å². The fourth-order valence-corrected chi connectivity index (χ4v) is 3.88. The van der Waals surface area contributed by atoms with Crippen LogP contribution in [0.4, 0.5) is 5.69 Å². The van der Waals surface area contributed by atoms with E-state index in [-0.39, 0.29) is 5.57 Å². The molecule has 0 bridgehead atoms. The number of anilines is 1. The number of rotatable bonds is 7. The van der Waals surface area contributed by atoms with Crippen LogP contribution in [0.15, 0.2) is 96.3 Å². The smallest absolute Gasteiger partial charge is 0.294 e. The fraction of sp³-hybridized carbons (Fsp3) is 0.111. The van der Waals surface area contributed by atoms with Crippen molar-refractivity contribution in [2.75, 3.05) is 19.1 Å². The van der Waals surface area contributed by atoms with E-state index in [0.29, 0.717) is 22.7 Å². The number of methoxy groups -OCH3 is 2. The SMILES string of the molecule is COc1ccc(C2C(C(=O)C=Cc3ccccc3)=C(O)C(=O)N2c2ccccc2)c(OC)c1. The summed E-state index contributed by atoms with van der Waals surface area (Å²) in [5.74, 6) is -0.702. The van der Waals surface area contributed by atoms with Gasteiger partial charge >= 0.3 is 0 Å². The van der Waals surface area contributed by atoms with Crippen LogP contribution in [0.3, 0.4) is 0 Å². The monoisotopic (exact) mass is 441 g/mol. The van der Waals surface area contributed by atoms with Crippen LogP contribution < -0.4 is 14.4 Å². The van der Waals surface area contributed by atoms with Crippen molar-refractivity contribution in [3.63, 3.8) is 0 Å². The number of hydrogen-bond donors (Lipinski definition) is 1. The average Bonchev–Trinajstić information content (AvgIpc) is 3.13. The van der Waals surface area contributed by atoms with E-state index in [1.54, 1.807) is 55.7 Å². The molecule has 4 rings (SSSR count). The summed E-state index contributed by atoms with van der Waals surface area (Å²) in [6, 6.07) is 22.5. The Morgan fingerprint density at radius 2 is 1.61 bits per heavy atom. The molecule has 1 atom stereocenters. The summed E-state index contributed by atoms with van der Waals surface area (Å²) in [6.45, 7) is 0. The van der Waals surface area contributed by atoms with Crippen LogP contribution in [0.25, 0.3) is 6.08 Å². The molecule has 6 nitrogen and oxygen atoms in total. The average molecular weight is 441 g/mol. The molecule has 1 heterocycles. The number of ketones is 1. The van der Waals surface area contributed by atoms with E-state index >= 15 is 0 Å². The standard InChI is InChI=1S/C27H23NO5/c1-32-20-14-15-21(23(17-20)33-2)25-24(22(29)16-13-18-9-5-3-6-10-18)26(30)27(31)28(25)19-11-7-4-8-12-19/h3-17,25,30H,1-2H3. The highest BCUT2D eigenvalue weighted by molar-refractivity contribution is 6.19. The van der Waals surface area contributed by atoms with Gasteiger partial charge in [0.05, 0.1) is 25.8 Å². The van der Waals surface area contributed by atoms with E-state index in [1.807, 2.05) is 36.4 Å². The Morgan fingerprint density at radius 3 is 2.24 bits per heavy atom. The van der Waals surface area contributed by atoms with E-state index in [0.717, 1.165) is 5.56 Å². The predicted octanol–water partition coefficient (Wildman–Crippen LogP) is 4.89. The van der Waals surface area contributed by atoms with Gasteiger partial charge in [0.1, 0.15) is 11.5 Å². The van der Waals surface area contributed by atoms with Gasteiger partial charge in [0.15, 0.2) is 11.5 Å². The zero-order valence-corrected chi connectivity index (χ0v) is 18.3. The lowest BCUT2D eigenvalue weighted by molar-refractivity contribution is -0.117. The minimum absolute atomic E-state index is 0.0144. The molecular weight excluding hydrogens is 418 g/mol. The molecule has 166 valence electrons. The van der Waals surface area contributed by atoms with Crippen LogP contribution in [-0.2, 0) is 9.59 Å². The van der Waals surface area contributed by atoms with Crippen LogP contribution in [-0.4, -0.2) is 31.0 Å². The first-order valence-corrected chi connectivity index (χ1v) is 10.4. The fourth-order valence-electron chi connectivity index (χ4n) is 3.88. The van der Waals surface area contributed by atoms with Crippen molar-refractivity contribution in [1.82, 2.24) is 0 Å². The van der Waals surface area contributed by atoms with E-state index in [4.69, 9.17) is 9.47 Å². The van der Waals surface area contributed by atoms with Gasteiger partial charge in [0.25, 0.3) is 5.91 Å². The number of benzene rings is 3. The third-order valence-electron chi connectivity index (χ3n) is 5.47. The van der Waals surface area contributed by atoms with E-state index in [2.05, 4.69) is 0 Å². The Balaban J connectivity index is 1.84. The molecule has 1 aliphatic heterocycles. The molecule has 3 aromatic rings. The molecule has 0 radical (unpaired) electrons. The van der Waals surface area contributed by atoms with E-state index in [1.165, 1.54) is 18.1 Å². The van der Waals surface area contributed by atoms with Gasteiger partial charge in [-0.15, -0.1) is 0 Å². The molecule has 0 fully saturated rings. The van der Waals surface area contributed by atoms with Crippen LogP contribution in [0.2, 0.25) is 0 Å². The van der Waals surface area contributed by atoms with Gasteiger partial charge in [-0.3, -0.25) is 14.5 Å². The maximum Gasteiger partial charge on any atom is 0.294 e. The molecule has 0 spiro atoms. The summed E-state index contributed by atoms with van der Waals surface area (Å²) in [4.78, 5) is 27.9. The molecule has 1 unspecified atom stereocenters. The number of hydrogen-bond acceptors (Lipinski definition) is 5. The van der Waals surface area contributed by atoms with Crippen molar-refractivity contribution in [3.05, 3.63) is 107 Å². The highest BCUT2D eigenvalue weighted by Gasteiger charge is 2.44. The number of amides is 1. The molecular formula is C27H23NO5. The molecule has 3 aromatic carbocycles. The zero-order valence-electron chi connectivity index (χ0n) is 18.3. The first-order valence-electron chi connectivity index (χ1n) is 10.4. The zero-order chi connectivity index (χ0) is 23.4. The van der Waals surface area contributed by atoms with Crippen molar-refractivity contribution < 1.29 is 24.2 Å². The first kappa shape index (κ1) is 21.9. The minimum Gasteiger partial charge on any atom is -0.503 e. The Bertz CT molecular complexity index is 1230. The summed E-state index contributed by atoms with van der Waals surface area (Å²) < 4.78 is 10.9. The first-order chi connectivity index (χ1) is 16.0. The maximum atomic E-state index is 13.3. The van der Waals surface area contributed by atoms with E-state index < -0.39 is 23.5 Å². The molecule has 33 heavy (non-hydrogen) atoms. The van der Waals surface area contributed by atoms with Gasteiger partial charge < -0.3 is 14.6 Å². The normalized spacial score (nSPS) is 15.9. The number of carbonyl (C=O) groups excluding carboxylic acids is 2. The number of ether oxygens (including phenoxy) is 2. The summed E-state index contributed by atoms with van der Waals surface area (Å²) in [5.41, 5.74) is 1.91. The Hall–Kier alpha value is -4.32. The summed E-state index contributed by atoms with van der Waals surface area (Å²) in [5, 5.41) is 10.8. The second-order valence-electron chi connectivity index (χ2n) is 7.39. The Kier molecular flexibility index (Phi) is 6.26. The van der Waals surface area contributed by atoms with Crippen LogP contribution >= 0.6 is 0 Å². The number of nitrogens with zero attached hydrogens (tertiary/aromatic N) is 1. The summed E-state index contributed by atoms with van der Waals surface area (Å²) in [6.07, 6.45) is 3.02. The molecule has 0 aromatic heterocycles. The van der Waals surface area contributed by atoms with Crippen LogP contribution in [0, 0.1) is 0 Å². The van der Waals surface area contributed by atoms with Gasteiger partial charge in [-0.05, 0) is 35.9 Å². The molecule has 1 aliphatic rings. The maximum absolute atomic E-state index is 13.3. The van der Waals surface area contributed by atoms with Crippen molar-refractivity contribution in [2.45, 2.75) is 6.04 Å². The topological polar surface area (TPSA) is 76.1 Å². The molecule has 0 aliphatic carbocycles. The highest BCUT2D eigenvalue weighted by Crippen LogP contribution is 2.44. The number of aliphatic hydroxyl groups excluding tert-OH is 1. The predicted molar refractivity (Wildman–Crippen MR) is 126 cm³/mol. The highest BCUT2D eigenvalue weighted by atomic mass is 16.5. The van der Waals surface area contributed by atoms with Crippen molar-refractivity contribution in [3.8, 4) is 11.5 Å². The number of carbonyl (C=O) groups is 2. The third kappa shape index (κ3) is 4.23. The molecule has 1 amide bonds. The quantitative estimate of drug-likeness (QED) is 0.529. The number of allylic oxidation sites excluding steroid dienone is 1. The lowest BCUT2D eigenvalue weighted by Crippen LogP contribution is -2.31. The molecule has 6 heteroatoms. The van der Waals surface area contributed by atoms with Gasteiger partial charge in [-0.25, -0.2) is 0 Å². The number of aliphatic hydroxyl groups is 1. The van der Waals surface area contributed by atoms with Gasteiger partial charge in [0.2, 0.25) is 0 Å². The van der Waals surface area contributed by atoms with Crippen molar-refractivity contribution >= 4 is 23.5 Å². The second-order valence-corrected chi connectivity index (χ2v) is 7.39. The van der Waals surface area contributed by atoms with Gasteiger partial charge in [-0.1, -0.05) is 54.6 Å². The van der Waals surface area contributed by atoms with Crippen molar-refractivity contribution in [1.29, 1.82) is 0 Å². The Labute approximate surface area is 192 Å². The lowest BCUT2D eigenvalue weighted by Gasteiger charge is -2.28. The molecule has 0 saturated heterocycles. The van der Waals surface area contributed by atoms with Gasteiger partial charge in [-0.2, -0.15) is 0 Å². The van der Waals surface area contributed by atoms with Crippen LogP contribution in [0.1, 0.15) is 17.2 Å².